The van der Waals surface area contributed by atoms with Gasteiger partial charge in [0.15, 0.2) is 0 Å². The molecule has 0 aliphatic rings. The largest absolute Gasteiger partial charge is 0.345 e. The van der Waals surface area contributed by atoms with Crippen molar-refractivity contribution in [3.8, 4) is 11.8 Å². The predicted molar refractivity (Wildman–Crippen MR) is 90.3 cm³/mol. The summed E-state index contributed by atoms with van der Waals surface area (Å²) in [6.45, 7) is 2.31. The molecule has 1 heterocycles. The van der Waals surface area contributed by atoms with Crippen molar-refractivity contribution in [1.82, 2.24) is 5.32 Å². The highest BCUT2D eigenvalue weighted by molar-refractivity contribution is 9.11. The van der Waals surface area contributed by atoms with Crippen LogP contribution in [0.15, 0.2) is 39.5 Å². The molecule has 1 unspecified atom stereocenters. The van der Waals surface area contributed by atoms with E-state index >= 15 is 0 Å². The molecule has 0 aliphatic heterocycles. The van der Waals surface area contributed by atoms with E-state index in [1.54, 1.807) is 0 Å². The van der Waals surface area contributed by atoms with Crippen LogP contribution >= 0.6 is 27.3 Å². The lowest BCUT2D eigenvalue weighted by Crippen LogP contribution is -2.26. The molecule has 3 nitrogen and oxygen atoms in total. The fourth-order valence-corrected chi connectivity index (χ4v) is 2.94. The standard InChI is InChI=1S/C16H15BrN2OS/c1-11(19-16(20)14-9-15(17)21-10-14)13-6-4-12(5-7-13)3-2-8-18/h4-7,9-11H,8,18H2,1H3,(H,19,20). The van der Waals surface area contributed by atoms with Crippen molar-refractivity contribution in [3.63, 3.8) is 0 Å². The van der Waals surface area contributed by atoms with Gasteiger partial charge in [0.25, 0.3) is 5.91 Å². The molecule has 2 aromatic rings. The van der Waals surface area contributed by atoms with Crippen LogP contribution < -0.4 is 11.1 Å². The van der Waals surface area contributed by atoms with E-state index in [0.29, 0.717) is 12.1 Å². The van der Waals surface area contributed by atoms with Crippen molar-refractivity contribution in [2.45, 2.75) is 13.0 Å². The van der Waals surface area contributed by atoms with E-state index in [2.05, 4.69) is 33.1 Å². The van der Waals surface area contributed by atoms with Crippen molar-refractivity contribution in [3.05, 3.63) is 56.2 Å². The van der Waals surface area contributed by atoms with Gasteiger partial charge in [-0.15, -0.1) is 11.3 Å². The highest BCUT2D eigenvalue weighted by Crippen LogP contribution is 2.21. The molecule has 2 rings (SSSR count). The van der Waals surface area contributed by atoms with Gasteiger partial charge in [-0.3, -0.25) is 4.79 Å². The zero-order valence-electron chi connectivity index (χ0n) is 11.5. The average Bonchev–Trinajstić information content (AvgIpc) is 2.92. The summed E-state index contributed by atoms with van der Waals surface area (Å²) < 4.78 is 0.947. The molecular formula is C16H15BrN2OS. The molecule has 0 fully saturated rings. The third kappa shape index (κ3) is 4.43. The summed E-state index contributed by atoms with van der Waals surface area (Å²) in [5, 5.41) is 4.81. The first kappa shape index (κ1) is 15.8. The van der Waals surface area contributed by atoms with Crippen molar-refractivity contribution in [2.75, 3.05) is 6.54 Å². The number of nitrogens with one attached hydrogen (secondary N) is 1. The molecule has 0 spiro atoms. The summed E-state index contributed by atoms with van der Waals surface area (Å²) in [6, 6.07) is 9.55. The molecule has 1 amide bonds. The Kier molecular flexibility index (Phi) is 5.57. The number of amides is 1. The van der Waals surface area contributed by atoms with Crippen LogP contribution in [0, 0.1) is 11.8 Å². The minimum absolute atomic E-state index is 0.0623. The van der Waals surface area contributed by atoms with E-state index in [-0.39, 0.29) is 11.9 Å². The maximum atomic E-state index is 12.1. The molecule has 108 valence electrons. The van der Waals surface area contributed by atoms with Crippen molar-refractivity contribution in [1.29, 1.82) is 0 Å². The van der Waals surface area contributed by atoms with Crippen LogP contribution in [0.25, 0.3) is 0 Å². The second-order valence-electron chi connectivity index (χ2n) is 4.46. The monoisotopic (exact) mass is 362 g/mol. The number of carbonyl (C=O) groups excluding carboxylic acids is 1. The summed E-state index contributed by atoms with van der Waals surface area (Å²) in [5.74, 6) is 5.71. The van der Waals surface area contributed by atoms with Crippen LogP contribution in [0.2, 0.25) is 0 Å². The van der Waals surface area contributed by atoms with E-state index in [1.807, 2.05) is 42.6 Å². The molecule has 1 aromatic heterocycles. The maximum absolute atomic E-state index is 12.1. The Hall–Kier alpha value is -1.61. The second-order valence-corrected chi connectivity index (χ2v) is 6.75. The van der Waals surface area contributed by atoms with Crippen LogP contribution in [-0.2, 0) is 0 Å². The number of carbonyl (C=O) groups is 1. The second kappa shape index (κ2) is 7.41. The Labute approximate surface area is 136 Å². The molecule has 0 saturated carbocycles. The van der Waals surface area contributed by atoms with Crippen LogP contribution in [0.4, 0.5) is 0 Å². The van der Waals surface area contributed by atoms with Crippen molar-refractivity contribution < 1.29 is 4.79 Å². The first-order valence-electron chi connectivity index (χ1n) is 6.44. The minimum atomic E-state index is -0.0727. The number of nitrogens with two attached hydrogens (primary N) is 1. The van der Waals surface area contributed by atoms with Crippen LogP contribution in [-0.4, -0.2) is 12.5 Å². The molecule has 1 atom stereocenters. The van der Waals surface area contributed by atoms with E-state index < -0.39 is 0 Å². The Bertz CT molecular complexity index is 682. The lowest BCUT2D eigenvalue weighted by atomic mass is 10.1. The van der Waals surface area contributed by atoms with Gasteiger partial charge in [0.05, 0.1) is 21.9 Å². The molecule has 0 saturated heterocycles. The maximum Gasteiger partial charge on any atom is 0.252 e. The fraction of sp³-hybridized carbons (Fsp3) is 0.188. The van der Waals surface area contributed by atoms with E-state index in [9.17, 15) is 4.79 Å². The topological polar surface area (TPSA) is 55.1 Å². The van der Waals surface area contributed by atoms with Gasteiger partial charge in [-0.1, -0.05) is 24.0 Å². The summed E-state index contributed by atoms with van der Waals surface area (Å²) >= 11 is 4.85. The zero-order chi connectivity index (χ0) is 15.2. The number of benzene rings is 1. The van der Waals surface area contributed by atoms with Crippen LogP contribution in [0.1, 0.15) is 34.5 Å². The quantitative estimate of drug-likeness (QED) is 0.822. The molecule has 21 heavy (non-hydrogen) atoms. The molecule has 5 heteroatoms. The summed E-state index contributed by atoms with van der Waals surface area (Å²) in [4.78, 5) is 12.1. The molecule has 0 bridgehead atoms. The molecule has 0 aliphatic carbocycles. The highest BCUT2D eigenvalue weighted by atomic mass is 79.9. The summed E-state index contributed by atoms with van der Waals surface area (Å²) in [5.41, 5.74) is 7.97. The Balaban J connectivity index is 2.03. The number of rotatable bonds is 3. The number of thiophene rings is 1. The molecule has 1 aromatic carbocycles. The van der Waals surface area contributed by atoms with Crippen molar-refractivity contribution in [2.24, 2.45) is 5.73 Å². The number of hydrogen-bond acceptors (Lipinski definition) is 3. The van der Waals surface area contributed by atoms with Gasteiger partial charge >= 0.3 is 0 Å². The van der Waals surface area contributed by atoms with Gasteiger partial charge in [-0.2, -0.15) is 0 Å². The summed E-state index contributed by atoms with van der Waals surface area (Å²) in [6.07, 6.45) is 0. The first-order chi connectivity index (χ1) is 10.1. The Morgan fingerprint density at radius 2 is 2.14 bits per heavy atom. The Morgan fingerprint density at radius 1 is 1.43 bits per heavy atom. The Morgan fingerprint density at radius 3 is 2.71 bits per heavy atom. The number of halogens is 1. The van der Waals surface area contributed by atoms with Gasteiger partial charge in [-0.05, 0) is 46.6 Å². The molecule has 0 radical (unpaired) electrons. The van der Waals surface area contributed by atoms with E-state index in [1.165, 1.54) is 11.3 Å². The minimum Gasteiger partial charge on any atom is -0.345 e. The third-order valence-electron chi connectivity index (χ3n) is 2.92. The van der Waals surface area contributed by atoms with Gasteiger partial charge in [-0.25, -0.2) is 0 Å². The highest BCUT2D eigenvalue weighted by Gasteiger charge is 2.12. The fourth-order valence-electron chi connectivity index (χ4n) is 1.80. The summed E-state index contributed by atoms with van der Waals surface area (Å²) in [7, 11) is 0. The van der Waals surface area contributed by atoms with Gasteiger partial charge in [0, 0.05) is 10.9 Å². The molecule has 3 N–H and O–H groups in total. The zero-order valence-corrected chi connectivity index (χ0v) is 13.9. The SMILES string of the molecule is CC(NC(=O)c1csc(Br)c1)c1ccc(C#CCN)cc1. The van der Waals surface area contributed by atoms with E-state index in [0.717, 1.165) is 14.9 Å². The van der Waals surface area contributed by atoms with Crippen LogP contribution in [0.3, 0.4) is 0 Å². The lowest BCUT2D eigenvalue weighted by Gasteiger charge is -2.13. The van der Waals surface area contributed by atoms with Gasteiger partial charge in [0.1, 0.15) is 0 Å². The van der Waals surface area contributed by atoms with Gasteiger partial charge in [0.2, 0.25) is 0 Å². The average molecular weight is 363 g/mol. The van der Waals surface area contributed by atoms with Crippen LogP contribution in [0.5, 0.6) is 0 Å². The smallest absolute Gasteiger partial charge is 0.252 e. The number of hydrogen-bond donors (Lipinski definition) is 2. The van der Waals surface area contributed by atoms with Gasteiger partial charge < -0.3 is 11.1 Å². The normalized spacial score (nSPS) is 11.4. The first-order valence-corrected chi connectivity index (χ1v) is 8.11. The van der Waals surface area contributed by atoms with E-state index in [4.69, 9.17) is 5.73 Å². The third-order valence-corrected chi connectivity index (χ3v) is 4.43. The predicted octanol–water partition coefficient (Wildman–Crippen LogP) is 3.31. The molecular weight excluding hydrogens is 348 g/mol. The van der Waals surface area contributed by atoms with Crippen molar-refractivity contribution >= 4 is 33.2 Å². The lowest BCUT2D eigenvalue weighted by molar-refractivity contribution is 0.0940.